The maximum Gasteiger partial charge on any atom is 0.290 e. The molecule has 1 atom stereocenters. The third-order valence-electron chi connectivity index (χ3n) is 7.52. The fourth-order valence-electron chi connectivity index (χ4n) is 5.16. The molecule has 2 amide bonds. The quantitative estimate of drug-likeness (QED) is 0.342. The molecule has 1 saturated heterocycles. The van der Waals surface area contributed by atoms with Gasteiger partial charge in [0.25, 0.3) is 11.8 Å². The Morgan fingerprint density at radius 2 is 1.71 bits per heavy atom. The maximum atomic E-state index is 14.0. The Labute approximate surface area is 245 Å². The number of hydrogen-bond donors (Lipinski definition) is 0. The number of furan rings is 1. The summed E-state index contributed by atoms with van der Waals surface area (Å²) in [5.74, 6) is 1.50. The van der Waals surface area contributed by atoms with Crippen molar-refractivity contribution >= 4 is 17.5 Å². The fraction of sp³-hybridized carbons (Fsp3) is 0.387. The van der Waals surface area contributed by atoms with Crippen molar-refractivity contribution in [3.63, 3.8) is 0 Å². The van der Waals surface area contributed by atoms with E-state index in [9.17, 15) is 9.59 Å². The van der Waals surface area contributed by atoms with Crippen LogP contribution in [-0.4, -0.2) is 99.6 Å². The first-order chi connectivity index (χ1) is 20.5. The van der Waals surface area contributed by atoms with Crippen LogP contribution in [0.25, 0.3) is 0 Å². The molecule has 0 unspecified atom stereocenters. The highest BCUT2D eigenvalue weighted by Gasteiger charge is 2.36. The van der Waals surface area contributed by atoms with Gasteiger partial charge in [-0.3, -0.25) is 14.5 Å². The second-order valence-electron chi connectivity index (χ2n) is 10.0. The number of hydrazone groups is 1. The van der Waals surface area contributed by atoms with E-state index in [-0.39, 0.29) is 30.2 Å². The molecule has 0 bridgehead atoms. The highest BCUT2D eigenvalue weighted by atomic mass is 16.5. The van der Waals surface area contributed by atoms with Crippen molar-refractivity contribution in [2.24, 2.45) is 5.10 Å². The molecule has 0 radical (unpaired) electrons. The van der Waals surface area contributed by atoms with Gasteiger partial charge in [-0.2, -0.15) is 5.10 Å². The molecule has 0 spiro atoms. The summed E-state index contributed by atoms with van der Waals surface area (Å²) in [4.78, 5) is 31.2. The molecule has 0 N–H and O–H groups in total. The normalized spacial score (nSPS) is 17.1. The third kappa shape index (κ3) is 6.58. The van der Waals surface area contributed by atoms with E-state index in [1.54, 1.807) is 39.5 Å². The van der Waals surface area contributed by atoms with E-state index in [2.05, 4.69) is 4.90 Å². The average Bonchev–Trinajstić information content (AvgIpc) is 3.74. The van der Waals surface area contributed by atoms with Gasteiger partial charge in [-0.25, -0.2) is 5.01 Å². The molecule has 2 aliphatic heterocycles. The van der Waals surface area contributed by atoms with Crippen LogP contribution in [-0.2, 0) is 9.53 Å². The molecular weight excluding hydrogens is 540 g/mol. The number of carbonyl (C=O) groups excluding carboxylic acids is 2. The number of ether oxygens (including phenoxy) is 4. The smallest absolute Gasteiger partial charge is 0.290 e. The lowest BCUT2D eigenvalue weighted by Gasteiger charge is -2.30. The van der Waals surface area contributed by atoms with Gasteiger partial charge in [0.2, 0.25) is 0 Å². The largest absolute Gasteiger partial charge is 0.497 e. The first-order valence-corrected chi connectivity index (χ1v) is 13.9. The summed E-state index contributed by atoms with van der Waals surface area (Å²) in [7, 11) is 4.79. The molecular formula is C31H36N4O7. The van der Waals surface area contributed by atoms with Crippen molar-refractivity contribution in [3.05, 3.63) is 77.7 Å². The Bertz CT molecular complexity index is 1380. The number of methoxy groups -OCH3 is 3. The Morgan fingerprint density at radius 1 is 0.976 bits per heavy atom. The molecule has 1 aromatic heterocycles. The van der Waals surface area contributed by atoms with Gasteiger partial charge in [0.1, 0.15) is 23.8 Å². The van der Waals surface area contributed by atoms with Gasteiger partial charge in [0.05, 0.1) is 52.6 Å². The summed E-state index contributed by atoms with van der Waals surface area (Å²) < 4.78 is 27.2. The molecule has 2 aromatic carbocycles. The zero-order chi connectivity index (χ0) is 29.5. The molecule has 0 saturated carbocycles. The standard InChI is InChI=1S/C31H36N4O7/c1-38-23-8-6-22(7-9-23)27-20-26(25-11-10-24(39-2)19-29(25)40-3)32-35(27)30(36)21-34(31(37)28-5-4-16-42-28)13-12-33-14-17-41-18-15-33/h4-11,16,19,27H,12-15,17-18,20-21H2,1-3H3/t27-/m1/s1. The predicted molar refractivity (Wildman–Crippen MR) is 155 cm³/mol. The van der Waals surface area contributed by atoms with Crippen molar-refractivity contribution < 1.29 is 33.0 Å². The number of nitrogens with zero attached hydrogens (tertiary/aromatic N) is 4. The van der Waals surface area contributed by atoms with Crippen LogP contribution in [0, 0.1) is 0 Å². The van der Waals surface area contributed by atoms with Crippen LogP contribution in [0.5, 0.6) is 17.2 Å². The molecule has 1 fully saturated rings. The molecule has 3 heterocycles. The highest BCUT2D eigenvalue weighted by molar-refractivity contribution is 6.05. The zero-order valence-corrected chi connectivity index (χ0v) is 24.2. The van der Waals surface area contributed by atoms with Crippen LogP contribution in [0.2, 0.25) is 0 Å². The minimum atomic E-state index is -0.384. The minimum Gasteiger partial charge on any atom is -0.497 e. The number of amides is 2. The van der Waals surface area contributed by atoms with E-state index >= 15 is 0 Å². The summed E-state index contributed by atoms with van der Waals surface area (Å²) in [6, 6.07) is 16.0. The predicted octanol–water partition coefficient (Wildman–Crippen LogP) is 3.46. The van der Waals surface area contributed by atoms with Gasteiger partial charge in [0.15, 0.2) is 5.76 Å². The third-order valence-corrected chi connectivity index (χ3v) is 7.52. The monoisotopic (exact) mass is 576 g/mol. The van der Waals surface area contributed by atoms with Crippen molar-refractivity contribution in [2.45, 2.75) is 12.5 Å². The summed E-state index contributed by atoms with van der Waals surface area (Å²) in [6.07, 6.45) is 1.91. The highest BCUT2D eigenvalue weighted by Crippen LogP contribution is 2.36. The van der Waals surface area contributed by atoms with E-state index < -0.39 is 0 Å². The van der Waals surface area contributed by atoms with Crippen LogP contribution in [0.3, 0.4) is 0 Å². The summed E-state index contributed by atoms with van der Waals surface area (Å²) in [5.41, 5.74) is 2.36. The first-order valence-electron chi connectivity index (χ1n) is 13.9. The first kappa shape index (κ1) is 29.2. The van der Waals surface area contributed by atoms with Gasteiger partial charge in [-0.15, -0.1) is 0 Å². The van der Waals surface area contributed by atoms with Crippen LogP contribution in [0.1, 0.15) is 34.1 Å². The van der Waals surface area contributed by atoms with E-state index in [0.717, 1.165) is 24.2 Å². The molecule has 222 valence electrons. The second-order valence-corrected chi connectivity index (χ2v) is 10.0. The summed E-state index contributed by atoms with van der Waals surface area (Å²) in [6.45, 7) is 3.66. The van der Waals surface area contributed by atoms with E-state index in [4.69, 9.17) is 28.5 Å². The van der Waals surface area contributed by atoms with E-state index in [0.29, 0.717) is 55.7 Å². The molecule has 42 heavy (non-hydrogen) atoms. The van der Waals surface area contributed by atoms with Crippen molar-refractivity contribution in [1.82, 2.24) is 14.8 Å². The SMILES string of the molecule is COc1ccc([C@H]2CC(c3ccc(OC)cc3OC)=NN2C(=O)CN(CCN2CCOCC2)C(=O)c2ccco2)cc1. The van der Waals surface area contributed by atoms with Gasteiger partial charge >= 0.3 is 0 Å². The Balaban J connectivity index is 1.43. The topological polar surface area (TPSA) is 106 Å². The molecule has 5 rings (SSSR count). The van der Waals surface area contributed by atoms with Gasteiger partial charge < -0.3 is 28.3 Å². The van der Waals surface area contributed by atoms with Crippen molar-refractivity contribution in [3.8, 4) is 17.2 Å². The van der Waals surface area contributed by atoms with Crippen LogP contribution in [0.4, 0.5) is 0 Å². The summed E-state index contributed by atoms with van der Waals surface area (Å²) in [5, 5.41) is 6.29. The lowest BCUT2D eigenvalue weighted by atomic mass is 9.97. The van der Waals surface area contributed by atoms with Crippen LogP contribution in [0.15, 0.2) is 70.4 Å². The number of rotatable bonds is 11. The maximum absolute atomic E-state index is 14.0. The molecule has 11 heteroatoms. The number of morpholine rings is 1. The molecule has 3 aromatic rings. The van der Waals surface area contributed by atoms with E-state index in [1.807, 2.05) is 36.4 Å². The lowest BCUT2D eigenvalue weighted by Crippen LogP contribution is -2.46. The number of carbonyl (C=O) groups is 2. The van der Waals surface area contributed by atoms with Crippen LogP contribution >= 0.6 is 0 Å². The molecule has 11 nitrogen and oxygen atoms in total. The number of hydrogen-bond acceptors (Lipinski definition) is 9. The Hall–Kier alpha value is -4.35. The Kier molecular flexibility index (Phi) is 9.40. The second kappa shape index (κ2) is 13.5. The average molecular weight is 577 g/mol. The van der Waals surface area contributed by atoms with Gasteiger partial charge in [-0.05, 0) is 42.0 Å². The zero-order valence-electron chi connectivity index (χ0n) is 24.2. The fourth-order valence-corrected chi connectivity index (χ4v) is 5.16. The van der Waals surface area contributed by atoms with Crippen molar-refractivity contribution in [1.29, 1.82) is 0 Å². The van der Waals surface area contributed by atoms with Gasteiger partial charge in [-0.1, -0.05) is 12.1 Å². The van der Waals surface area contributed by atoms with Gasteiger partial charge in [0, 0.05) is 44.2 Å². The minimum absolute atomic E-state index is 0.160. The Morgan fingerprint density at radius 3 is 2.38 bits per heavy atom. The number of benzene rings is 2. The molecule has 2 aliphatic rings. The van der Waals surface area contributed by atoms with E-state index in [1.165, 1.54) is 16.2 Å². The van der Waals surface area contributed by atoms with Crippen LogP contribution < -0.4 is 14.2 Å². The lowest BCUT2D eigenvalue weighted by molar-refractivity contribution is -0.133. The molecule has 0 aliphatic carbocycles. The summed E-state index contributed by atoms with van der Waals surface area (Å²) >= 11 is 0. The van der Waals surface area contributed by atoms with Crippen molar-refractivity contribution in [2.75, 3.05) is 67.3 Å².